The molecule has 1 aliphatic rings. The van der Waals surface area contributed by atoms with Crippen LogP contribution in [0, 0.1) is 11.6 Å². The highest BCUT2D eigenvalue weighted by Gasteiger charge is 2.33. The number of benzene rings is 2. The minimum atomic E-state index is -1.43. The summed E-state index contributed by atoms with van der Waals surface area (Å²) in [5, 5.41) is 2.56. The van der Waals surface area contributed by atoms with Crippen LogP contribution in [0.25, 0.3) is 10.9 Å². The van der Waals surface area contributed by atoms with Gasteiger partial charge >= 0.3 is 0 Å². The van der Waals surface area contributed by atoms with E-state index in [1.807, 2.05) is 0 Å². The summed E-state index contributed by atoms with van der Waals surface area (Å²) in [6, 6.07) is 5.35. The van der Waals surface area contributed by atoms with E-state index < -0.39 is 28.9 Å². The second-order valence-electron chi connectivity index (χ2n) is 7.54. The normalized spacial score (nSPS) is 18.0. The number of methoxy groups -OCH3 is 1. The number of nitrogens with one attached hydrogen (secondary N) is 1. The number of halogens is 4. The van der Waals surface area contributed by atoms with Crippen molar-refractivity contribution in [3.05, 3.63) is 59.9 Å². The molecule has 4 rings (SSSR count). The molecule has 1 aliphatic heterocycles. The van der Waals surface area contributed by atoms with Crippen LogP contribution < -0.4 is 14.8 Å². The van der Waals surface area contributed by atoms with Gasteiger partial charge in [0.2, 0.25) is 5.91 Å². The molecule has 11 heteroatoms. The Balaban J connectivity index is 1.65. The van der Waals surface area contributed by atoms with Gasteiger partial charge in [-0.25, -0.2) is 23.1 Å². The summed E-state index contributed by atoms with van der Waals surface area (Å²) >= 11 is 5.67. The number of carbonyl (C=O) groups is 1. The zero-order valence-corrected chi connectivity index (χ0v) is 18.8. The predicted octanol–water partition coefficient (Wildman–Crippen LogP) is 4.82. The Bertz CT molecular complexity index is 1260. The lowest BCUT2D eigenvalue weighted by Crippen LogP contribution is -2.48. The van der Waals surface area contributed by atoms with Crippen LogP contribution in [0.2, 0.25) is 5.02 Å². The standard InChI is InChI=1S/C23H20ClF3N4O3/c1-3-20(32)31-7-6-17(14(26)10-31)34-19-8-12-16(9-18(19)33-2)28-11-29-23(12)30-15-5-4-13(25)21(24)22(15)27/h3-5,8-9,11,14,17H,1,6-7,10H2,2H3,(H,28,29,30)/t14-,17?/m1/s1. The molecule has 0 radical (unpaired) electrons. The summed E-state index contributed by atoms with van der Waals surface area (Å²) in [4.78, 5) is 21.5. The Morgan fingerprint density at radius 3 is 2.79 bits per heavy atom. The van der Waals surface area contributed by atoms with Gasteiger partial charge in [-0.05, 0) is 24.3 Å². The van der Waals surface area contributed by atoms with Gasteiger partial charge in [0, 0.05) is 24.4 Å². The molecule has 1 amide bonds. The molecule has 2 atom stereocenters. The minimum absolute atomic E-state index is 0.0900. The van der Waals surface area contributed by atoms with Crippen molar-refractivity contribution in [3.8, 4) is 11.5 Å². The maximum absolute atomic E-state index is 14.8. The van der Waals surface area contributed by atoms with Gasteiger partial charge in [-0.3, -0.25) is 4.79 Å². The summed E-state index contributed by atoms with van der Waals surface area (Å²) in [6.45, 7) is 3.62. The Morgan fingerprint density at radius 2 is 2.09 bits per heavy atom. The summed E-state index contributed by atoms with van der Waals surface area (Å²) in [5.41, 5.74) is 0.353. The van der Waals surface area contributed by atoms with Crippen molar-refractivity contribution in [1.82, 2.24) is 14.9 Å². The quantitative estimate of drug-likeness (QED) is 0.393. The molecule has 34 heavy (non-hydrogen) atoms. The maximum Gasteiger partial charge on any atom is 0.246 e. The van der Waals surface area contributed by atoms with Gasteiger partial charge in [-0.2, -0.15) is 0 Å². The number of rotatable bonds is 6. The number of piperidine rings is 1. The summed E-state index contributed by atoms with van der Waals surface area (Å²) < 4.78 is 54.0. The number of amides is 1. The molecule has 3 aromatic rings. The largest absolute Gasteiger partial charge is 0.493 e. The lowest BCUT2D eigenvalue weighted by molar-refractivity contribution is -0.129. The molecular formula is C23H20ClF3N4O3. The highest BCUT2D eigenvalue weighted by atomic mass is 35.5. The van der Waals surface area contributed by atoms with Crippen LogP contribution in [0.5, 0.6) is 11.5 Å². The van der Waals surface area contributed by atoms with Gasteiger partial charge in [0.15, 0.2) is 23.5 Å². The monoisotopic (exact) mass is 492 g/mol. The molecule has 2 aromatic carbocycles. The lowest BCUT2D eigenvalue weighted by atomic mass is 10.1. The van der Waals surface area contributed by atoms with Crippen molar-refractivity contribution in [2.24, 2.45) is 0 Å². The third-order valence-corrected chi connectivity index (χ3v) is 5.80. The molecule has 2 heterocycles. The number of fused-ring (bicyclic) bond motifs is 1. The fourth-order valence-corrected chi connectivity index (χ4v) is 3.84. The van der Waals surface area contributed by atoms with Crippen LogP contribution in [0.3, 0.4) is 0 Å². The third kappa shape index (κ3) is 4.58. The van der Waals surface area contributed by atoms with Crippen LogP contribution in [0.4, 0.5) is 24.7 Å². The van der Waals surface area contributed by atoms with Gasteiger partial charge in [0.25, 0.3) is 0 Å². The molecule has 0 bridgehead atoms. The van der Waals surface area contributed by atoms with Crippen molar-refractivity contribution < 1.29 is 27.4 Å². The Morgan fingerprint density at radius 1 is 1.29 bits per heavy atom. The molecule has 1 aromatic heterocycles. The number of hydrogen-bond acceptors (Lipinski definition) is 6. The number of nitrogens with zero attached hydrogens (tertiary/aromatic N) is 3. The number of ether oxygens (including phenoxy) is 2. The lowest BCUT2D eigenvalue weighted by Gasteiger charge is -2.34. The molecule has 0 spiro atoms. The van der Waals surface area contributed by atoms with Crippen molar-refractivity contribution in [2.75, 3.05) is 25.5 Å². The van der Waals surface area contributed by atoms with Gasteiger partial charge in [-0.15, -0.1) is 0 Å². The first-order chi connectivity index (χ1) is 16.3. The molecule has 178 valence electrons. The van der Waals surface area contributed by atoms with E-state index in [4.69, 9.17) is 21.1 Å². The predicted molar refractivity (Wildman–Crippen MR) is 121 cm³/mol. The zero-order valence-electron chi connectivity index (χ0n) is 18.0. The van der Waals surface area contributed by atoms with Crippen molar-refractivity contribution in [2.45, 2.75) is 18.7 Å². The molecule has 1 fully saturated rings. The molecule has 1 saturated heterocycles. The first kappa shape index (κ1) is 23.6. The van der Waals surface area contributed by atoms with Crippen molar-refractivity contribution >= 4 is 39.9 Å². The van der Waals surface area contributed by atoms with Gasteiger partial charge in [0.1, 0.15) is 29.1 Å². The van der Waals surface area contributed by atoms with Gasteiger partial charge in [-0.1, -0.05) is 18.2 Å². The van der Waals surface area contributed by atoms with E-state index in [2.05, 4.69) is 21.9 Å². The molecule has 0 saturated carbocycles. The van der Waals surface area contributed by atoms with Crippen LogP contribution in [0.1, 0.15) is 6.42 Å². The molecule has 1 unspecified atom stereocenters. The van der Waals surface area contributed by atoms with Gasteiger partial charge in [0.05, 0.1) is 24.9 Å². The number of likely N-dealkylation sites (tertiary alicyclic amines) is 1. The smallest absolute Gasteiger partial charge is 0.246 e. The van der Waals surface area contributed by atoms with Crippen molar-refractivity contribution in [1.29, 1.82) is 0 Å². The zero-order chi connectivity index (χ0) is 24.4. The van der Waals surface area contributed by atoms with Crippen LogP contribution >= 0.6 is 11.6 Å². The minimum Gasteiger partial charge on any atom is -0.493 e. The molecule has 7 nitrogen and oxygen atoms in total. The van der Waals surface area contributed by atoms with E-state index in [-0.39, 0.29) is 36.1 Å². The fraction of sp³-hybridized carbons (Fsp3) is 0.261. The maximum atomic E-state index is 14.8. The highest BCUT2D eigenvalue weighted by Crippen LogP contribution is 2.37. The Kier molecular flexibility index (Phi) is 6.78. The summed E-state index contributed by atoms with van der Waals surface area (Å²) in [7, 11) is 1.43. The second kappa shape index (κ2) is 9.76. The number of hydrogen-bond donors (Lipinski definition) is 1. The fourth-order valence-electron chi connectivity index (χ4n) is 3.67. The topological polar surface area (TPSA) is 76.6 Å². The molecular weight excluding hydrogens is 473 g/mol. The van der Waals surface area contributed by atoms with Crippen molar-refractivity contribution in [3.63, 3.8) is 0 Å². The van der Waals surface area contributed by atoms with Crippen LogP contribution in [-0.2, 0) is 4.79 Å². The second-order valence-corrected chi connectivity index (χ2v) is 7.92. The summed E-state index contributed by atoms with van der Waals surface area (Å²) in [5.74, 6) is -1.47. The number of carbonyl (C=O) groups excluding carboxylic acids is 1. The highest BCUT2D eigenvalue weighted by molar-refractivity contribution is 6.31. The van der Waals surface area contributed by atoms with E-state index in [9.17, 15) is 18.0 Å². The third-order valence-electron chi connectivity index (χ3n) is 5.46. The average molecular weight is 493 g/mol. The van der Waals surface area contributed by atoms with Crippen LogP contribution in [0.15, 0.2) is 43.2 Å². The number of anilines is 2. The SMILES string of the molecule is C=CC(=O)N1CCC(Oc2cc3c(Nc4ccc(F)c(Cl)c4F)ncnc3cc2OC)[C@H](F)C1. The van der Waals surface area contributed by atoms with E-state index in [1.165, 1.54) is 24.4 Å². The van der Waals surface area contributed by atoms with Gasteiger partial charge < -0.3 is 19.7 Å². The number of alkyl halides is 1. The first-order valence-electron chi connectivity index (χ1n) is 10.3. The molecule has 1 N–H and O–H groups in total. The van der Waals surface area contributed by atoms with E-state index in [0.717, 1.165) is 12.1 Å². The summed E-state index contributed by atoms with van der Waals surface area (Å²) in [6.07, 6.45) is 0.411. The van der Waals surface area contributed by atoms with Crippen LogP contribution in [-0.4, -0.2) is 53.2 Å². The number of aromatic nitrogens is 2. The van der Waals surface area contributed by atoms with E-state index in [0.29, 0.717) is 23.2 Å². The van der Waals surface area contributed by atoms with E-state index in [1.54, 1.807) is 12.1 Å². The first-order valence-corrected chi connectivity index (χ1v) is 10.7. The molecule has 0 aliphatic carbocycles. The Hall–Kier alpha value is -3.53. The van der Waals surface area contributed by atoms with E-state index >= 15 is 0 Å². The average Bonchev–Trinajstić information content (AvgIpc) is 2.84. The Labute approximate surface area is 198 Å².